The second-order valence-corrected chi connectivity index (χ2v) is 7.75. The Hall–Kier alpha value is -3.76. The van der Waals surface area contributed by atoms with Gasteiger partial charge in [0.1, 0.15) is 23.5 Å². The van der Waals surface area contributed by atoms with E-state index in [1.165, 1.54) is 12.3 Å². The summed E-state index contributed by atoms with van der Waals surface area (Å²) in [5.41, 5.74) is 2.00. The quantitative estimate of drug-likeness (QED) is 0.208. The first-order chi connectivity index (χ1) is 15.9. The van der Waals surface area contributed by atoms with Crippen molar-refractivity contribution in [2.75, 3.05) is 23.7 Å². The molecule has 0 aliphatic carbocycles. The molecule has 0 aliphatic rings. The molecule has 0 atom stereocenters. The van der Waals surface area contributed by atoms with Gasteiger partial charge >= 0.3 is 0 Å². The number of benzene rings is 1. The van der Waals surface area contributed by atoms with E-state index in [0.29, 0.717) is 46.2 Å². The standard InChI is InChI=1S/C21H18Cl2N8O2/c1-13-24-8-9-30(13)18-12-28-21(29-20(18)16-4-2-14(22)10-17(16)23)26-7-6-25-19-5-3-15(11-27-19)31(32)33/h2-5,8-12H,6-7H2,1H3,(H,25,27)(H,26,28,29). The number of anilines is 2. The Bertz CT molecular complexity index is 1290. The first-order valence-corrected chi connectivity index (χ1v) is 10.6. The van der Waals surface area contributed by atoms with Crippen molar-refractivity contribution < 1.29 is 4.92 Å². The predicted octanol–water partition coefficient (Wildman–Crippen LogP) is 4.77. The zero-order valence-corrected chi connectivity index (χ0v) is 18.9. The fraction of sp³-hybridized carbons (Fsp3) is 0.143. The maximum absolute atomic E-state index is 10.7. The maximum atomic E-state index is 10.7. The number of rotatable bonds is 8. The maximum Gasteiger partial charge on any atom is 0.287 e. The van der Waals surface area contributed by atoms with Gasteiger partial charge < -0.3 is 15.2 Å². The molecule has 12 heteroatoms. The number of halogens is 2. The summed E-state index contributed by atoms with van der Waals surface area (Å²) >= 11 is 12.5. The molecule has 3 heterocycles. The molecular formula is C21H18Cl2N8O2. The number of hydrogen-bond acceptors (Lipinski definition) is 8. The van der Waals surface area contributed by atoms with Crippen LogP contribution in [-0.4, -0.2) is 42.5 Å². The summed E-state index contributed by atoms with van der Waals surface area (Å²) in [5, 5.41) is 18.0. The molecule has 0 fully saturated rings. The number of nitrogens with one attached hydrogen (secondary N) is 2. The Morgan fingerprint density at radius 1 is 1.06 bits per heavy atom. The second-order valence-electron chi connectivity index (χ2n) is 6.91. The molecule has 1 aromatic carbocycles. The third-order valence-electron chi connectivity index (χ3n) is 4.71. The van der Waals surface area contributed by atoms with Crippen LogP contribution in [0.5, 0.6) is 0 Å². The highest BCUT2D eigenvalue weighted by Gasteiger charge is 2.16. The number of imidazole rings is 1. The van der Waals surface area contributed by atoms with Gasteiger partial charge in [-0.1, -0.05) is 23.2 Å². The van der Waals surface area contributed by atoms with Crippen LogP contribution in [0.1, 0.15) is 5.82 Å². The van der Waals surface area contributed by atoms with Crippen LogP contribution < -0.4 is 10.6 Å². The van der Waals surface area contributed by atoms with E-state index in [1.807, 2.05) is 23.8 Å². The van der Waals surface area contributed by atoms with Crippen molar-refractivity contribution in [3.05, 3.63) is 81.1 Å². The van der Waals surface area contributed by atoms with Crippen molar-refractivity contribution in [2.24, 2.45) is 0 Å². The number of nitro groups is 1. The van der Waals surface area contributed by atoms with Crippen molar-refractivity contribution >= 4 is 40.7 Å². The Morgan fingerprint density at radius 3 is 2.55 bits per heavy atom. The normalized spacial score (nSPS) is 10.8. The summed E-state index contributed by atoms with van der Waals surface area (Å²) in [6.45, 7) is 2.86. The zero-order valence-electron chi connectivity index (χ0n) is 17.4. The van der Waals surface area contributed by atoms with Crippen LogP contribution in [0.2, 0.25) is 10.0 Å². The molecular weight excluding hydrogens is 467 g/mol. The molecule has 4 rings (SSSR count). The molecule has 0 aliphatic heterocycles. The number of aryl methyl sites for hydroxylation is 1. The number of hydrogen-bond donors (Lipinski definition) is 2. The highest BCUT2D eigenvalue weighted by molar-refractivity contribution is 6.36. The van der Waals surface area contributed by atoms with Gasteiger partial charge in [0.25, 0.3) is 5.69 Å². The summed E-state index contributed by atoms with van der Waals surface area (Å²) in [5.74, 6) is 1.73. The summed E-state index contributed by atoms with van der Waals surface area (Å²) in [4.78, 5) is 27.6. The molecule has 10 nitrogen and oxygen atoms in total. The fourth-order valence-electron chi connectivity index (χ4n) is 3.11. The molecule has 0 spiro atoms. The van der Waals surface area contributed by atoms with Gasteiger partial charge in [-0.05, 0) is 31.2 Å². The monoisotopic (exact) mass is 484 g/mol. The summed E-state index contributed by atoms with van der Waals surface area (Å²) < 4.78 is 1.88. The topological polar surface area (TPSA) is 124 Å². The molecule has 0 saturated heterocycles. The molecule has 0 radical (unpaired) electrons. The van der Waals surface area contributed by atoms with Crippen molar-refractivity contribution in [1.29, 1.82) is 0 Å². The van der Waals surface area contributed by atoms with Crippen LogP contribution in [0.4, 0.5) is 17.5 Å². The van der Waals surface area contributed by atoms with Crippen LogP contribution in [0.15, 0.2) is 55.1 Å². The Morgan fingerprint density at radius 2 is 1.88 bits per heavy atom. The van der Waals surface area contributed by atoms with Gasteiger partial charge in [0, 0.05) is 42.1 Å². The Kier molecular flexibility index (Phi) is 6.66. The van der Waals surface area contributed by atoms with Crippen LogP contribution in [0.3, 0.4) is 0 Å². The molecule has 0 unspecified atom stereocenters. The number of nitrogens with zero attached hydrogens (tertiary/aromatic N) is 6. The molecule has 3 aromatic heterocycles. The average Bonchev–Trinajstić information content (AvgIpc) is 3.22. The van der Waals surface area contributed by atoms with Gasteiger partial charge in [0.15, 0.2) is 0 Å². The molecule has 2 N–H and O–H groups in total. The van der Waals surface area contributed by atoms with E-state index >= 15 is 0 Å². The van der Waals surface area contributed by atoms with E-state index in [2.05, 4.69) is 30.6 Å². The number of aromatic nitrogens is 5. The van der Waals surface area contributed by atoms with E-state index < -0.39 is 4.92 Å². The lowest BCUT2D eigenvalue weighted by atomic mass is 10.1. The minimum absolute atomic E-state index is 0.0614. The van der Waals surface area contributed by atoms with Crippen LogP contribution in [0, 0.1) is 17.0 Å². The van der Waals surface area contributed by atoms with Gasteiger partial charge in [-0.25, -0.2) is 19.9 Å². The minimum Gasteiger partial charge on any atom is -0.368 e. The summed E-state index contributed by atoms with van der Waals surface area (Å²) in [7, 11) is 0. The van der Waals surface area contributed by atoms with E-state index in [4.69, 9.17) is 23.2 Å². The third-order valence-corrected chi connectivity index (χ3v) is 5.26. The first-order valence-electron chi connectivity index (χ1n) is 9.83. The zero-order chi connectivity index (χ0) is 23.4. The lowest BCUT2D eigenvalue weighted by Gasteiger charge is -2.14. The smallest absolute Gasteiger partial charge is 0.287 e. The fourth-order valence-corrected chi connectivity index (χ4v) is 3.61. The molecule has 0 saturated carbocycles. The van der Waals surface area contributed by atoms with Gasteiger partial charge in [-0.2, -0.15) is 0 Å². The average molecular weight is 485 g/mol. The predicted molar refractivity (Wildman–Crippen MR) is 127 cm³/mol. The van der Waals surface area contributed by atoms with E-state index in [9.17, 15) is 10.1 Å². The van der Waals surface area contributed by atoms with Gasteiger partial charge in [-0.3, -0.25) is 10.1 Å². The highest BCUT2D eigenvalue weighted by atomic mass is 35.5. The highest BCUT2D eigenvalue weighted by Crippen LogP contribution is 2.33. The Labute approximate surface area is 198 Å². The summed E-state index contributed by atoms with van der Waals surface area (Å²) in [6.07, 6.45) is 6.44. The van der Waals surface area contributed by atoms with Crippen LogP contribution in [-0.2, 0) is 0 Å². The van der Waals surface area contributed by atoms with Gasteiger partial charge in [0.05, 0.1) is 21.8 Å². The molecule has 0 amide bonds. The lowest BCUT2D eigenvalue weighted by Crippen LogP contribution is -2.16. The Balaban J connectivity index is 1.52. The molecule has 168 valence electrons. The first kappa shape index (κ1) is 22.4. The van der Waals surface area contributed by atoms with Gasteiger partial charge in [-0.15, -0.1) is 0 Å². The van der Waals surface area contributed by atoms with Crippen molar-refractivity contribution in [1.82, 2.24) is 24.5 Å². The summed E-state index contributed by atoms with van der Waals surface area (Å²) in [6, 6.07) is 8.18. The van der Waals surface area contributed by atoms with Crippen LogP contribution >= 0.6 is 23.2 Å². The third kappa shape index (κ3) is 5.18. The van der Waals surface area contributed by atoms with Gasteiger partial charge in [0.2, 0.25) is 5.95 Å². The second kappa shape index (κ2) is 9.80. The molecule has 33 heavy (non-hydrogen) atoms. The van der Waals surface area contributed by atoms with Crippen molar-refractivity contribution in [3.63, 3.8) is 0 Å². The molecule has 0 bridgehead atoms. The number of pyridine rings is 1. The SMILES string of the molecule is Cc1nccn1-c1cnc(NCCNc2ccc([N+](=O)[O-])cn2)nc1-c1ccc(Cl)cc1Cl. The van der Waals surface area contributed by atoms with E-state index in [1.54, 1.807) is 30.6 Å². The van der Waals surface area contributed by atoms with Crippen molar-refractivity contribution in [2.45, 2.75) is 6.92 Å². The van der Waals surface area contributed by atoms with E-state index in [0.717, 1.165) is 11.5 Å². The van der Waals surface area contributed by atoms with Crippen LogP contribution in [0.25, 0.3) is 16.9 Å². The largest absolute Gasteiger partial charge is 0.368 e. The molecule has 4 aromatic rings. The van der Waals surface area contributed by atoms with Crippen molar-refractivity contribution in [3.8, 4) is 16.9 Å². The minimum atomic E-state index is -0.491. The lowest BCUT2D eigenvalue weighted by molar-refractivity contribution is -0.385. The van der Waals surface area contributed by atoms with E-state index in [-0.39, 0.29) is 5.69 Å².